The van der Waals surface area contributed by atoms with E-state index in [1.54, 1.807) is 0 Å². The molecule has 0 aromatic heterocycles. The summed E-state index contributed by atoms with van der Waals surface area (Å²) in [7, 11) is 0. The fourth-order valence-electron chi connectivity index (χ4n) is 5.30. The van der Waals surface area contributed by atoms with Crippen LogP contribution in [-0.4, -0.2) is 60.0 Å². The van der Waals surface area contributed by atoms with Gasteiger partial charge in [0.2, 0.25) is 0 Å². The third-order valence-electron chi connectivity index (χ3n) is 7.64. The Hall–Kier alpha value is -4.27. The molecule has 0 radical (unpaired) electrons. The molecule has 4 rings (SSSR count). The van der Waals surface area contributed by atoms with Crippen LogP contribution in [0.15, 0.2) is 84.9 Å². The highest BCUT2D eigenvalue weighted by Crippen LogP contribution is 2.19. The first-order valence-electron chi connectivity index (χ1n) is 15.3. The molecule has 2 atom stereocenters. The van der Waals surface area contributed by atoms with Crippen LogP contribution >= 0.6 is 0 Å². The summed E-state index contributed by atoms with van der Waals surface area (Å²) in [6, 6.07) is 29.4. The van der Waals surface area contributed by atoms with Crippen LogP contribution in [0.25, 0.3) is 21.5 Å². The molecule has 0 fully saturated rings. The van der Waals surface area contributed by atoms with Gasteiger partial charge in [0.05, 0.1) is 0 Å². The quantitative estimate of drug-likeness (QED) is 0.110. The molecule has 8 heteroatoms. The normalized spacial score (nSPS) is 12.6. The fraction of sp³-hybridized carbons (Fsp3) is 0.361. The number of nitrogens with one attached hydrogen (secondary N) is 1. The standard InChI is InChI=1S/C36H41NO7/c38-32(39)25-44-34(36(41)42)33(43-22-10-2-4-12-27-18-20-29-14-6-8-16-31(29)24-27)35(40)37-21-9-1-3-11-26-17-19-28-13-5-7-15-30(28)23-26/h5-8,13-20,23-24,33-34H,1-4,9-12,21-22,25H2,(H,37,40)(H,38,39)(H,41,42)/t33-,34-/m1/s1. The van der Waals surface area contributed by atoms with Gasteiger partial charge in [0, 0.05) is 13.2 Å². The highest BCUT2D eigenvalue weighted by atomic mass is 16.6. The Bertz CT molecular complexity index is 1540. The van der Waals surface area contributed by atoms with E-state index in [0.717, 1.165) is 38.5 Å². The lowest BCUT2D eigenvalue weighted by Crippen LogP contribution is -2.49. The molecular weight excluding hydrogens is 558 g/mol. The number of hydrogen-bond acceptors (Lipinski definition) is 5. The van der Waals surface area contributed by atoms with Crippen molar-refractivity contribution in [3.63, 3.8) is 0 Å². The Morgan fingerprint density at radius 3 is 1.70 bits per heavy atom. The Balaban J connectivity index is 1.20. The molecule has 0 saturated heterocycles. The number of amides is 1. The van der Waals surface area contributed by atoms with Gasteiger partial charge in [0.25, 0.3) is 5.91 Å². The van der Waals surface area contributed by atoms with E-state index in [4.69, 9.17) is 14.6 Å². The molecule has 0 bridgehead atoms. The number of carbonyl (C=O) groups excluding carboxylic acids is 1. The summed E-state index contributed by atoms with van der Waals surface area (Å²) in [6.07, 6.45) is 3.56. The number of carboxylic acids is 2. The number of carboxylic acid groups (broad SMARTS) is 2. The molecule has 0 spiro atoms. The highest BCUT2D eigenvalue weighted by molar-refractivity contribution is 5.88. The third-order valence-corrected chi connectivity index (χ3v) is 7.64. The summed E-state index contributed by atoms with van der Waals surface area (Å²) < 4.78 is 10.8. The van der Waals surface area contributed by atoms with Crippen molar-refractivity contribution in [3.8, 4) is 0 Å². The van der Waals surface area contributed by atoms with E-state index in [1.807, 2.05) is 24.3 Å². The molecule has 4 aromatic carbocycles. The predicted octanol–water partition coefficient (Wildman–Crippen LogP) is 6.17. The van der Waals surface area contributed by atoms with Gasteiger partial charge in [-0.05, 0) is 71.2 Å². The Morgan fingerprint density at radius 1 is 0.614 bits per heavy atom. The van der Waals surface area contributed by atoms with Crippen LogP contribution < -0.4 is 5.32 Å². The molecule has 1 amide bonds. The van der Waals surface area contributed by atoms with Crippen molar-refractivity contribution in [1.82, 2.24) is 5.32 Å². The first kappa shape index (κ1) is 32.6. The summed E-state index contributed by atoms with van der Waals surface area (Å²) in [4.78, 5) is 35.9. The lowest BCUT2D eigenvalue weighted by Gasteiger charge is -2.23. The van der Waals surface area contributed by atoms with E-state index in [-0.39, 0.29) is 6.61 Å². The number of benzene rings is 4. The summed E-state index contributed by atoms with van der Waals surface area (Å²) >= 11 is 0. The van der Waals surface area contributed by atoms with E-state index in [0.29, 0.717) is 19.4 Å². The van der Waals surface area contributed by atoms with E-state index < -0.39 is 36.7 Å². The van der Waals surface area contributed by atoms with Gasteiger partial charge < -0.3 is 25.0 Å². The maximum atomic E-state index is 13.0. The van der Waals surface area contributed by atoms with Crippen molar-refractivity contribution in [2.45, 2.75) is 63.6 Å². The van der Waals surface area contributed by atoms with Crippen molar-refractivity contribution in [1.29, 1.82) is 0 Å². The maximum Gasteiger partial charge on any atom is 0.336 e. The second-order valence-corrected chi connectivity index (χ2v) is 11.0. The summed E-state index contributed by atoms with van der Waals surface area (Å²) in [5, 5.41) is 26.3. The Kier molecular flexibility index (Phi) is 12.7. The molecule has 4 aromatic rings. The van der Waals surface area contributed by atoms with Crippen LogP contribution in [0.3, 0.4) is 0 Å². The molecule has 232 valence electrons. The van der Waals surface area contributed by atoms with Crippen LogP contribution in [0, 0.1) is 0 Å². The van der Waals surface area contributed by atoms with Crippen molar-refractivity contribution < 1.29 is 34.1 Å². The Morgan fingerprint density at radius 2 is 1.16 bits per heavy atom. The van der Waals surface area contributed by atoms with Gasteiger partial charge >= 0.3 is 11.9 Å². The average molecular weight is 600 g/mol. The summed E-state index contributed by atoms with van der Waals surface area (Å²) in [5.41, 5.74) is 2.51. The van der Waals surface area contributed by atoms with Gasteiger partial charge in [0.1, 0.15) is 6.61 Å². The molecule has 0 aliphatic carbocycles. The number of unbranched alkanes of at least 4 members (excludes halogenated alkanes) is 4. The number of rotatable bonds is 19. The number of aryl methyl sites for hydroxylation is 2. The molecule has 0 heterocycles. The molecule has 0 saturated carbocycles. The van der Waals surface area contributed by atoms with Crippen LogP contribution in [-0.2, 0) is 36.7 Å². The number of aliphatic carboxylic acids is 2. The molecule has 3 N–H and O–H groups in total. The van der Waals surface area contributed by atoms with Crippen LogP contribution in [0.4, 0.5) is 0 Å². The number of hydrogen-bond donors (Lipinski definition) is 3. The number of carbonyl (C=O) groups is 3. The topological polar surface area (TPSA) is 122 Å². The molecule has 0 aliphatic heterocycles. The zero-order valence-electron chi connectivity index (χ0n) is 25.0. The zero-order chi connectivity index (χ0) is 31.1. The molecule has 0 unspecified atom stereocenters. The first-order valence-corrected chi connectivity index (χ1v) is 15.3. The lowest BCUT2D eigenvalue weighted by atomic mass is 10.0. The SMILES string of the molecule is O=C(O)CO[C@@H](C(=O)O)[C@@H](OCCCCCc1ccc2ccccc2c1)C(=O)NCCCCCc1ccc2ccccc2c1. The maximum absolute atomic E-state index is 13.0. The smallest absolute Gasteiger partial charge is 0.336 e. The minimum absolute atomic E-state index is 0.155. The van der Waals surface area contributed by atoms with Gasteiger partial charge in [-0.3, -0.25) is 4.79 Å². The molecular formula is C36H41NO7. The second-order valence-electron chi connectivity index (χ2n) is 11.0. The van der Waals surface area contributed by atoms with Crippen molar-refractivity contribution in [2.75, 3.05) is 19.8 Å². The number of fused-ring (bicyclic) bond motifs is 2. The first-order chi connectivity index (χ1) is 21.4. The molecule has 0 aliphatic rings. The molecule has 8 nitrogen and oxygen atoms in total. The average Bonchev–Trinajstić information content (AvgIpc) is 3.02. The van der Waals surface area contributed by atoms with Crippen LogP contribution in [0.5, 0.6) is 0 Å². The zero-order valence-corrected chi connectivity index (χ0v) is 25.0. The minimum Gasteiger partial charge on any atom is -0.480 e. The fourth-order valence-corrected chi connectivity index (χ4v) is 5.30. The van der Waals surface area contributed by atoms with Gasteiger partial charge in [-0.25, -0.2) is 9.59 Å². The van der Waals surface area contributed by atoms with Crippen molar-refractivity contribution in [3.05, 3.63) is 96.1 Å². The van der Waals surface area contributed by atoms with Gasteiger partial charge in [-0.1, -0.05) is 97.8 Å². The van der Waals surface area contributed by atoms with Crippen molar-refractivity contribution >= 4 is 39.4 Å². The highest BCUT2D eigenvalue weighted by Gasteiger charge is 2.36. The van der Waals surface area contributed by atoms with Crippen molar-refractivity contribution in [2.24, 2.45) is 0 Å². The summed E-state index contributed by atoms with van der Waals surface area (Å²) in [6.45, 7) is -0.333. The summed E-state index contributed by atoms with van der Waals surface area (Å²) in [5.74, 6) is -3.39. The van der Waals surface area contributed by atoms with Gasteiger partial charge in [-0.2, -0.15) is 0 Å². The van der Waals surface area contributed by atoms with E-state index in [9.17, 15) is 19.5 Å². The third kappa shape index (κ3) is 10.2. The predicted molar refractivity (Wildman–Crippen MR) is 171 cm³/mol. The molecule has 44 heavy (non-hydrogen) atoms. The van der Waals surface area contributed by atoms with Gasteiger partial charge in [0.15, 0.2) is 12.2 Å². The Labute approximate surface area is 258 Å². The van der Waals surface area contributed by atoms with Crippen LogP contribution in [0.1, 0.15) is 49.7 Å². The van der Waals surface area contributed by atoms with E-state index in [1.165, 1.54) is 32.7 Å². The van der Waals surface area contributed by atoms with E-state index >= 15 is 0 Å². The number of ether oxygens (including phenoxy) is 2. The minimum atomic E-state index is -1.73. The van der Waals surface area contributed by atoms with Gasteiger partial charge in [-0.15, -0.1) is 0 Å². The second kappa shape index (κ2) is 17.1. The monoisotopic (exact) mass is 599 g/mol. The largest absolute Gasteiger partial charge is 0.480 e. The lowest BCUT2D eigenvalue weighted by molar-refractivity contribution is -0.172. The van der Waals surface area contributed by atoms with Crippen LogP contribution in [0.2, 0.25) is 0 Å². The van der Waals surface area contributed by atoms with E-state index in [2.05, 4.69) is 66.0 Å².